The molecule has 0 radical (unpaired) electrons. The van der Waals surface area contributed by atoms with Gasteiger partial charge in [0.2, 0.25) is 0 Å². The molecule has 1 aromatic carbocycles. The van der Waals surface area contributed by atoms with Gasteiger partial charge in [0, 0.05) is 19.6 Å². The van der Waals surface area contributed by atoms with Gasteiger partial charge in [-0.15, -0.1) is 0 Å². The molecule has 0 atom stereocenters. The van der Waals surface area contributed by atoms with E-state index in [2.05, 4.69) is 42.3 Å². The van der Waals surface area contributed by atoms with E-state index in [0.29, 0.717) is 6.54 Å². The third-order valence-electron chi connectivity index (χ3n) is 2.02. The Labute approximate surface area is 86.0 Å². The zero-order chi connectivity index (χ0) is 10.2. The van der Waals surface area contributed by atoms with Crippen molar-refractivity contribution in [1.29, 1.82) is 0 Å². The van der Waals surface area contributed by atoms with Gasteiger partial charge in [-0.25, -0.2) is 0 Å². The topological polar surface area (TPSA) is 29.3 Å². The fraction of sp³-hybridized carbons (Fsp3) is 0.333. The Morgan fingerprint density at radius 3 is 2.57 bits per heavy atom. The van der Waals surface area contributed by atoms with Crippen molar-refractivity contribution in [2.24, 2.45) is 5.73 Å². The summed E-state index contributed by atoms with van der Waals surface area (Å²) >= 11 is 0. The number of likely N-dealkylation sites (N-methyl/N-ethyl adjacent to an activating group) is 1. The number of rotatable bonds is 5. The van der Waals surface area contributed by atoms with Crippen molar-refractivity contribution in [2.45, 2.75) is 6.54 Å². The molecule has 0 spiro atoms. The normalized spacial score (nSPS) is 11.4. The second-order valence-corrected chi connectivity index (χ2v) is 3.39. The summed E-state index contributed by atoms with van der Waals surface area (Å²) in [7, 11) is 2.11. The van der Waals surface area contributed by atoms with Crippen molar-refractivity contribution >= 4 is 0 Å². The molecule has 76 valence electrons. The summed E-state index contributed by atoms with van der Waals surface area (Å²) in [6, 6.07) is 10.5. The molecular formula is C12H18N2. The second kappa shape index (κ2) is 6.35. The molecule has 2 N–H and O–H groups in total. The largest absolute Gasteiger partial charge is 0.327 e. The van der Waals surface area contributed by atoms with Crippen molar-refractivity contribution in [3.8, 4) is 0 Å². The van der Waals surface area contributed by atoms with E-state index in [-0.39, 0.29) is 0 Å². The van der Waals surface area contributed by atoms with E-state index in [1.54, 1.807) is 0 Å². The van der Waals surface area contributed by atoms with Crippen LogP contribution in [0.2, 0.25) is 0 Å². The first-order chi connectivity index (χ1) is 6.83. The minimum absolute atomic E-state index is 0.624. The zero-order valence-corrected chi connectivity index (χ0v) is 8.69. The maximum Gasteiger partial charge on any atom is 0.0233 e. The number of hydrogen-bond donors (Lipinski definition) is 1. The van der Waals surface area contributed by atoms with Crippen LogP contribution in [-0.2, 0) is 6.54 Å². The predicted octanol–water partition coefficient (Wildman–Crippen LogP) is 1.63. The van der Waals surface area contributed by atoms with Crippen LogP contribution in [0.15, 0.2) is 42.5 Å². The Morgan fingerprint density at radius 1 is 1.21 bits per heavy atom. The summed E-state index contributed by atoms with van der Waals surface area (Å²) in [6.45, 7) is 2.56. The molecule has 0 fully saturated rings. The third kappa shape index (κ3) is 4.21. The predicted molar refractivity (Wildman–Crippen MR) is 61.0 cm³/mol. The lowest BCUT2D eigenvalue weighted by molar-refractivity contribution is 0.363. The van der Waals surface area contributed by atoms with Crippen molar-refractivity contribution < 1.29 is 0 Å². The molecule has 2 nitrogen and oxygen atoms in total. The molecule has 0 aliphatic heterocycles. The van der Waals surface area contributed by atoms with Crippen LogP contribution in [0.5, 0.6) is 0 Å². The average Bonchev–Trinajstić information content (AvgIpc) is 2.20. The number of hydrogen-bond acceptors (Lipinski definition) is 2. The Kier molecular flexibility index (Phi) is 4.97. The first-order valence-electron chi connectivity index (χ1n) is 4.90. The van der Waals surface area contributed by atoms with Gasteiger partial charge < -0.3 is 5.73 Å². The monoisotopic (exact) mass is 190 g/mol. The molecule has 14 heavy (non-hydrogen) atoms. The molecule has 1 rings (SSSR count). The average molecular weight is 190 g/mol. The molecule has 2 heteroatoms. The Bertz CT molecular complexity index is 267. The molecule has 0 heterocycles. The lowest BCUT2D eigenvalue weighted by atomic mass is 10.2. The highest BCUT2D eigenvalue weighted by atomic mass is 15.1. The van der Waals surface area contributed by atoms with Crippen LogP contribution in [0.4, 0.5) is 0 Å². The first kappa shape index (κ1) is 11.0. The summed E-state index contributed by atoms with van der Waals surface area (Å²) in [6.07, 6.45) is 4.09. The second-order valence-electron chi connectivity index (χ2n) is 3.39. The summed E-state index contributed by atoms with van der Waals surface area (Å²) in [4.78, 5) is 2.25. The SMILES string of the molecule is CN(CC=CCN)Cc1ccccc1. The van der Waals surface area contributed by atoms with Crippen LogP contribution >= 0.6 is 0 Å². The van der Waals surface area contributed by atoms with Crippen LogP contribution in [0, 0.1) is 0 Å². The molecule has 0 unspecified atom stereocenters. The summed E-state index contributed by atoms with van der Waals surface area (Å²) < 4.78 is 0. The smallest absolute Gasteiger partial charge is 0.0233 e. The lowest BCUT2D eigenvalue weighted by Gasteiger charge is -2.13. The highest BCUT2D eigenvalue weighted by Crippen LogP contribution is 2.01. The molecule has 1 aromatic rings. The Balaban J connectivity index is 2.34. The van der Waals surface area contributed by atoms with Gasteiger partial charge in [-0.3, -0.25) is 4.90 Å². The molecule has 0 aliphatic carbocycles. The van der Waals surface area contributed by atoms with Crippen LogP contribution < -0.4 is 5.73 Å². The van der Waals surface area contributed by atoms with Crippen molar-refractivity contribution in [1.82, 2.24) is 4.90 Å². The third-order valence-corrected chi connectivity index (χ3v) is 2.02. The maximum atomic E-state index is 5.36. The van der Waals surface area contributed by atoms with E-state index < -0.39 is 0 Å². The summed E-state index contributed by atoms with van der Waals surface area (Å²) in [5.41, 5.74) is 6.71. The van der Waals surface area contributed by atoms with Gasteiger partial charge in [-0.05, 0) is 12.6 Å². The van der Waals surface area contributed by atoms with Crippen LogP contribution in [0.1, 0.15) is 5.56 Å². The van der Waals surface area contributed by atoms with Gasteiger partial charge >= 0.3 is 0 Å². The van der Waals surface area contributed by atoms with E-state index in [4.69, 9.17) is 5.73 Å². The first-order valence-corrected chi connectivity index (χ1v) is 4.90. The fourth-order valence-corrected chi connectivity index (χ4v) is 1.31. The minimum Gasteiger partial charge on any atom is -0.327 e. The van der Waals surface area contributed by atoms with Gasteiger partial charge in [0.15, 0.2) is 0 Å². The highest BCUT2D eigenvalue weighted by molar-refractivity contribution is 5.14. The van der Waals surface area contributed by atoms with Gasteiger partial charge in [0.1, 0.15) is 0 Å². The minimum atomic E-state index is 0.624. The lowest BCUT2D eigenvalue weighted by Crippen LogP contribution is -2.17. The number of nitrogens with two attached hydrogens (primary N) is 1. The number of nitrogens with zero attached hydrogens (tertiary/aromatic N) is 1. The van der Waals surface area contributed by atoms with E-state index in [1.165, 1.54) is 5.56 Å². The summed E-state index contributed by atoms with van der Waals surface area (Å²) in [5, 5.41) is 0. The standard InChI is InChI=1S/C12H18N2/c1-14(10-6-5-9-13)11-12-7-3-2-4-8-12/h2-8H,9-11,13H2,1H3. The molecular weight excluding hydrogens is 172 g/mol. The van der Waals surface area contributed by atoms with Crippen LogP contribution in [0.25, 0.3) is 0 Å². The molecule has 0 saturated heterocycles. The van der Waals surface area contributed by atoms with Crippen molar-refractivity contribution in [3.05, 3.63) is 48.0 Å². The van der Waals surface area contributed by atoms with Crippen molar-refractivity contribution in [3.63, 3.8) is 0 Å². The van der Waals surface area contributed by atoms with Gasteiger partial charge in [-0.2, -0.15) is 0 Å². The highest BCUT2D eigenvalue weighted by Gasteiger charge is 1.96. The van der Waals surface area contributed by atoms with Gasteiger partial charge in [0.05, 0.1) is 0 Å². The molecule has 0 saturated carbocycles. The molecule has 0 bridgehead atoms. The molecule has 0 aromatic heterocycles. The summed E-state index contributed by atoms with van der Waals surface area (Å²) in [5.74, 6) is 0. The van der Waals surface area contributed by atoms with E-state index in [0.717, 1.165) is 13.1 Å². The van der Waals surface area contributed by atoms with E-state index in [1.807, 2.05) is 12.1 Å². The fourth-order valence-electron chi connectivity index (χ4n) is 1.31. The molecule has 0 amide bonds. The van der Waals surface area contributed by atoms with Crippen LogP contribution in [0.3, 0.4) is 0 Å². The van der Waals surface area contributed by atoms with E-state index in [9.17, 15) is 0 Å². The van der Waals surface area contributed by atoms with E-state index >= 15 is 0 Å². The van der Waals surface area contributed by atoms with Crippen LogP contribution in [-0.4, -0.2) is 25.0 Å². The Hall–Kier alpha value is -1.12. The number of benzene rings is 1. The quantitative estimate of drug-likeness (QED) is 0.715. The van der Waals surface area contributed by atoms with Gasteiger partial charge in [0.25, 0.3) is 0 Å². The molecule has 0 aliphatic rings. The zero-order valence-electron chi connectivity index (χ0n) is 8.69. The van der Waals surface area contributed by atoms with Gasteiger partial charge in [-0.1, -0.05) is 42.5 Å². The maximum absolute atomic E-state index is 5.36. The Morgan fingerprint density at radius 2 is 1.93 bits per heavy atom. The van der Waals surface area contributed by atoms with Crippen molar-refractivity contribution in [2.75, 3.05) is 20.1 Å².